The van der Waals surface area contributed by atoms with E-state index < -0.39 is 0 Å². The van der Waals surface area contributed by atoms with Gasteiger partial charge in [0.15, 0.2) is 5.13 Å². The minimum Gasteiger partial charge on any atom is -0.479 e. The minimum absolute atomic E-state index is 0.0539. The molecule has 0 unspecified atom stereocenters. The molecule has 3 heterocycles. The van der Waals surface area contributed by atoms with Gasteiger partial charge in [-0.25, -0.2) is 4.98 Å². The largest absolute Gasteiger partial charge is 0.479 e. The summed E-state index contributed by atoms with van der Waals surface area (Å²) in [7, 11) is 3.25. The van der Waals surface area contributed by atoms with Gasteiger partial charge in [-0.15, -0.1) is 16.4 Å². The maximum Gasteiger partial charge on any atom is 0.260 e. The zero-order valence-corrected chi connectivity index (χ0v) is 17.0. The molecule has 1 atom stereocenters. The molecule has 0 spiro atoms. The smallest absolute Gasteiger partial charge is 0.260 e. The molecule has 0 radical (unpaired) electrons. The lowest BCUT2D eigenvalue weighted by Crippen LogP contribution is -2.43. The van der Waals surface area contributed by atoms with Gasteiger partial charge in [0.1, 0.15) is 5.56 Å². The molecule has 2 aromatic heterocycles. The van der Waals surface area contributed by atoms with Crippen LogP contribution < -0.4 is 10.1 Å². The van der Waals surface area contributed by atoms with E-state index in [0.717, 1.165) is 31.4 Å². The Morgan fingerprint density at radius 3 is 2.89 bits per heavy atom. The normalized spacial score (nSPS) is 19.2. The Hall–Kier alpha value is -2.42. The lowest BCUT2D eigenvalue weighted by molar-refractivity contribution is -0.121. The van der Waals surface area contributed by atoms with Crippen molar-refractivity contribution in [2.75, 3.05) is 25.5 Å². The summed E-state index contributed by atoms with van der Waals surface area (Å²) < 4.78 is 6.77. The van der Waals surface area contributed by atoms with Gasteiger partial charge in [-0.05, 0) is 38.5 Å². The first kappa shape index (κ1) is 18.9. The number of aryl methyl sites for hydroxylation is 3. The number of carbonyl (C=O) groups is 2. The van der Waals surface area contributed by atoms with Gasteiger partial charge in [0.25, 0.3) is 5.91 Å². The minimum atomic E-state index is -0.235. The highest BCUT2D eigenvalue weighted by Gasteiger charge is 2.31. The maximum atomic E-state index is 12.9. The van der Waals surface area contributed by atoms with E-state index in [1.165, 1.54) is 24.8 Å². The van der Waals surface area contributed by atoms with Crippen LogP contribution in [0.3, 0.4) is 0 Å². The Morgan fingerprint density at radius 1 is 1.29 bits per heavy atom. The molecule has 0 saturated carbocycles. The number of thiazole rings is 1. The number of piperidine rings is 1. The van der Waals surface area contributed by atoms with Crippen LogP contribution in [0.4, 0.5) is 5.13 Å². The van der Waals surface area contributed by atoms with Gasteiger partial charge in [0.05, 0.1) is 18.7 Å². The third-order valence-electron chi connectivity index (χ3n) is 5.37. The average molecular weight is 404 g/mol. The summed E-state index contributed by atoms with van der Waals surface area (Å²) in [5.74, 6) is -0.123. The summed E-state index contributed by atoms with van der Waals surface area (Å²) in [4.78, 5) is 33.3. The summed E-state index contributed by atoms with van der Waals surface area (Å²) in [5, 5.41) is 7.82. The highest BCUT2D eigenvalue weighted by Crippen LogP contribution is 2.30. The van der Waals surface area contributed by atoms with Crippen LogP contribution in [0.25, 0.3) is 0 Å². The van der Waals surface area contributed by atoms with Gasteiger partial charge in [-0.1, -0.05) is 0 Å². The van der Waals surface area contributed by atoms with E-state index in [1.54, 1.807) is 34.2 Å². The fourth-order valence-corrected chi connectivity index (χ4v) is 4.98. The quantitative estimate of drug-likeness (QED) is 0.846. The molecule has 1 N–H and O–H groups in total. The van der Waals surface area contributed by atoms with Crippen LogP contribution in [-0.4, -0.2) is 51.7 Å². The molecule has 2 aromatic rings. The van der Waals surface area contributed by atoms with Gasteiger partial charge in [0.2, 0.25) is 11.8 Å². The molecule has 2 aliphatic rings. The van der Waals surface area contributed by atoms with Crippen molar-refractivity contribution >= 4 is 28.3 Å². The first-order valence-electron chi connectivity index (χ1n) is 9.71. The van der Waals surface area contributed by atoms with Gasteiger partial charge in [-0.3, -0.25) is 14.3 Å². The molecule has 1 saturated heterocycles. The van der Waals surface area contributed by atoms with E-state index in [9.17, 15) is 9.59 Å². The van der Waals surface area contributed by atoms with Gasteiger partial charge >= 0.3 is 0 Å². The van der Waals surface area contributed by atoms with Crippen molar-refractivity contribution in [2.24, 2.45) is 13.0 Å². The standard InChI is InChI=1S/C19H25N5O3S/c1-23-11-13(17(22-23)27-2)18(26)24-9-5-6-12(10-24)16(25)21-19-20-14-7-3-4-8-15(14)28-19/h11-12H,3-10H2,1-2H3,(H,20,21,25)/t12-/m0/s1. The second kappa shape index (κ2) is 7.90. The molecule has 0 bridgehead atoms. The zero-order valence-electron chi connectivity index (χ0n) is 16.2. The Balaban J connectivity index is 1.42. The number of ether oxygens (including phenoxy) is 1. The molecule has 8 nitrogen and oxygen atoms in total. The lowest BCUT2D eigenvalue weighted by Gasteiger charge is -2.31. The maximum absolute atomic E-state index is 12.9. The van der Waals surface area contributed by atoms with Crippen molar-refractivity contribution in [1.82, 2.24) is 19.7 Å². The summed E-state index contributed by atoms with van der Waals surface area (Å²) in [6, 6.07) is 0. The summed E-state index contributed by atoms with van der Waals surface area (Å²) in [5.41, 5.74) is 1.56. The topological polar surface area (TPSA) is 89.4 Å². The Kier molecular flexibility index (Phi) is 5.34. The molecule has 1 aliphatic carbocycles. The van der Waals surface area contributed by atoms with Crippen molar-refractivity contribution in [2.45, 2.75) is 38.5 Å². The van der Waals surface area contributed by atoms with Crippen LogP contribution in [0.2, 0.25) is 0 Å². The first-order chi connectivity index (χ1) is 13.5. The summed E-state index contributed by atoms with van der Waals surface area (Å²) in [6.07, 6.45) is 7.64. The molecule has 150 valence electrons. The number of anilines is 1. The van der Waals surface area contributed by atoms with Crippen molar-refractivity contribution in [3.8, 4) is 5.88 Å². The van der Waals surface area contributed by atoms with E-state index in [-0.39, 0.29) is 17.7 Å². The van der Waals surface area contributed by atoms with E-state index in [4.69, 9.17) is 4.74 Å². The van der Waals surface area contributed by atoms with Crippen LogP contribution in [0, 0.1) is 5.92 Å². The third-order valence-corrected chi connectivity index (χ3v) is 6.45. The van der Waals surface area contributed by atoms with Gasteiger partial charge in [-0.2, -0.15) is 0 Å². The molecule has 2 amide bonds. The van der Waals surface area contributed by atoms with E-state index in [1.807, 2.05) is 0 Å². The second-order valence-corrected chi connectivity index (χ2v) is 8.48. The number of rotatable bonds is 4. The number of hydrogen-bond acceptors (Lipinski definition) is 6. The van der Waals surface area contributed by atoms with Crippen molar-refractivity contribution in [3.63, 3.8) is 0 Å². The molecule has 9 heteroatoms. The Bertz CT molecular complexity index is 867. The Morgan fingerprint density at radius 2 is 2.11 bits per heavy atom. The zero-order chi connectivity index (χ0) is 19.7. The van der Waals surface area contributed by atoms with Crippen molar-refractivity contribution < 1.29 is 14.3 Å². The number of hydrogen-bond donors (Lipinski definition) is 1. The molecule has 4 rings (SSSR count). The van der Waals surface area contributed by atoms with Crippen LogP contribution >= 0.6 is 11.3 Å². The number of nitrogens with one attached hydrogen (secondary N) is 1. The number of aromatic nitrogens is 3. The fourth-order valence-electron chi connectivity index (χ4n) is 3.92. The number of nitrogens with zero attached hydrogens (tertiary/aromatic N) is 4. The third kappa shape index (κ3) is 3.76. The number of likely N-dealkylation sites (tertiary alicyclic amines) is 1. The van der Waals surface area contributed by atoms with Crippen LogP contribution in [-0.2, 0) is 24.7 Å². The molecule has 28 heavy (non-hydrogen) atoms. The predicted molar refractivity (Wildman–Crippen MR) is 106 cm³/mol. The van der Waals surface area contributed by atoms with Crippen molar-refractivity contribution in [1.29, 1.82) is 0 Å². The number of amides is 2. The molecule has 1 aliphatic heterocycles. The molecule has 1 fully saturated rings. The fraction of sp³-hybridized carbons (Fsp3) is 0.579. The van der Waals surface area contributed by atoms with Crippen LogP contribution in [0.15, 0.2) is 6.20 Å². The number of fused-ring (bicyclic) bond motifs is 1. The molecular weight excluding hydrogens is 378 g/mol. The summed E-state index contributed by atoms with van der Waals surface area (Å²) >= 11 is 1.59. The van der Waals surface area contributed by atoms with E-state index >= 15 is 0 Å². The summed E-state index contributed by atoms with van der Waals surface area (Å²) in [6.45, 7) is 1.03. The van der Waals surface area contributed by atoms with E-state index in [0.29, 0.717) is 29.7 Å². The van der Waals surface area contributed by atoms with Gasteiger partial charge in [0, 0.05) is 31.2 Å². The average Bonchev–Trinajstić information content (AvgIpc) is 3.29. The highest BCUT2D eigenvalue weighted by atomic mass is 32.1. The molecular formula is C19H25N5O3S. The monoisotopic (exact) mass is 403 g/mol. The first-order valence-corrected chi connectivity index (χ1v) is 10.5. The van der Waals surface area contributed by atoms with Gasteiger partial charge < -0.3 is 15.0 Å². The van der Waals surface area contributed by atoms with E-state index in [2.05, 4.69) is 15.4 Å². The van der Waals surface area contributed by atoms with Crippen LogP contribution in [0.5, 0.6) is 5.88 Å². The van der Waals surface area contributed by atoms with Crippen LogP contribution in [0.1, 0.15) is 46.6 Å². The number of methoxy groups -OCH3 is 1. The molecule has 0 aromatic carbocycles. The SMILES string of the molecule is COc1nn(C)cc1C(=O)N1CCC[C@H](C(=O)Nc2nc3c(s2)CCCC3)C1. The highest BCUT2D eigenvalue weighted by molar-refractivity contribution is 7.15. The second-order valence-electron chi connectivity index (χ2n) is 7.40. The Labute approximate surface area is 167 Å². The van der Waals surface area contributed by atoms with Crippen molar-refractivity contribution in [3.05, 3.63) is 22.3 Å². The number of carbonyl (C=O) groups excluding carboxylic acids is 2. The lowest BCUT2D eigenvalue weighted by atomic mass is 9.96. The predicted octanol–water partition coefficient (Wildman–Crippen LogP) is 2.25.